The van der Waals surface area contributed by atoms with Gasteiger partial charge in [-0.2, -0.15) is 0 Å². The summed E-state index contributed by atoms with van der Waals surface area (Å²) in [5.74, 6) is 0.585. The van der Waals surface area contributed by atoms with E-state index in [9.17, 15) is 9.18 Å². The molecule has 1 aliphatic rings. The largest absolute Gasteiger partial charge is 0.461 e. The molecular formula is C18H15ClFN3O2. The van der Waals surface area contributed by atoms with Gasteiger partial charge in [-0.05, 0) is 30.7 Å². The molecule has 1 aromatic carbocycles. The first-order chi connectivity index (χ1) is 12.1. The van der Waals surface area contributed by atoms with Crippen molar-refractivity contribution >= 4 is 11.6 Å². The lowest BCUT2D eigenvalue weighted by Crippen LogP contribution is -2.35. The van der Waals surface area contributed by atoms with Gasteiger partial charge in [-0.15, -0.1) is 0 Å². The molecular weight excluding hydrogens is 345 g/mol. The Morgan fingerprint density at radius 3 is 2.96 bits per heavy atom. The highest BCUT2D eigenvalue weighted by atomic mass is 35.5. The molecule has 128 valence electrons. The maximum absolute atomic E-state index is 14.0. The maximum Gasteiger partial charge on any atom is 0.254 e. The van der Waals surface area contributed by atoms with Gasteiger partial charge in [0.2, 0.25) is 0 Å². The molecule has 7 heteroatoms. The van der Waals surface area contributed by atoms with Crippen molar-refractivity contribution in [3.63, 3.8) is 0 Å². The van der Waals surface area contributed by atoms with Gasteiger partial charge in [-0.3, -0.25) is 9.69 Å². The van der Waals surface area contributed by atoms with Gasteiger partial charge in [0.1, 0.15) is 5.82 Å². The molecule has 0 bridgehead atoms. The Hall–Kier alpha value is -2.44. The first kappa shape index (κ1) is 16.1. The first-order valence-corrected chi connectivity index (χ1v) is 8.31. The molecule has 0 saturated heterocycles. The van der Waals surface area contributed by atoms with Crippen LogP contribution in [0, 0.1) is 5.82 Å². The molecule has 1 aliphatic heterocycles. The van der Waals surface area contributed by atoms with Crippen LogP contribution < -0.4 is 5.56 Å². The predicted octanol–water partition coefficient (Wildman–Crippen LogP) is 3.38. The molecule has 3 aromatic rings. The van der Waals surface area contributed by atoms with Crippen LogP contribution in [0.3, 0.4) is 0 Å². The summed E-state index contributed by atoms with van der Waals surface area (Å²) in [6.45, 7) is 1.47. The molecule has 0 atom stereocenters. The van der Waals surface area contributed by atoms with Crippen LogP contribution >= 0.6 is 11.6 Å². The van der Waals surface area contributed by atoms with Gasteiger partial charge in [-0.25, -0.2) is 9.37 Å². The Balaban J connectivity index is 1.63. The zero-order chi connectivity index (χ0) is 17.4. The number of nitrogens with zero attached hydrogens (tertiary/aromatic N) is 2. The molecule has 0 aliphatic carbocycles. The molecule has 0 fully saturated rings. The topological polar surface area (TPSA) is 62.1 Å². The number of fused-ring (bicyclic) bond motifs is 1. The monoisotopic (exact) mass is 359 g/mol. The normalized spacial score (nSPS) is 14.5. The van der Waals surface area contributed by atoms with E-state index in [1.165, 1.54) is 12.3 Å². The van der Waals surface area contributed by atoms with Crippen molar-refractivity contribution in [3.8, 4) is 11.6 Å². The predicted molar refractivity (Wildman–Crippen MR) is 91.8 cm³/mol. The van der Waals surface area contributed by atoms with E-state index in [1.54, 1.807) is 24.3 Å². The smallest absolute Gasteiger partial charge is 0.254 e. The fourth-order valence-corrected chi connectivity index (χ4v) is 3.29. The van der Waals surface area contributed by atoms with Gasteiger partial charge in [-0.1, -0.05) is 17.7 Å². The Morgan fingerprint density at radius 2 is 2.20 bits per heavy atom. The minimum absolute atomic E-state index is 0.153. The minimum atomic E-state index is -0.326. The van der Waals surface area contributed by atoms with Crippen LogP contribution in [-0.2, 0) is 19.5 Å². The van der Waals surface area contributed by atoms with E-state index in [2.05, 4.69) is 9.97 Å². The number of benzene rings is 1. The number of H-pyrrole nitrogens is 1. The third-order valence-electron chi connectivity index (χ3n) is 4.35. The molecule has 0 spiro atoms. The first-order valence-electron chi connectivity index (χ1n) is 7.93. The summed E-state index contributed by atoms with van der Waals surface area (Å²) >= 11 is 6.12. The second kappa shape index (κ2) is 6.46. The van der Waals surface area contributed by atoms with Gasteiger partial charge < -0.3 is 9.40 Å². The standard InChI is InChI=1S/C18H15ClFN3O2/c19-13-3-1-4-14(20)12(13)9-23-7-6-11-15(10-23)21-17(22-18(11)24)16-5-2-8-25-16/h1-5,8H,6-7,9-10H2,(H,21,22,24). The summed E-state index contributed by atoms with van der Waals surface area (Å²) in [6.07, 6.45) is 2.09. The van der Waals surface area contributed by atoms with E-state index in [4.69, 9.17) is 16.0 Å². The summed E-state index contributed by atoms with van der Waals surface area (Å²) in [6, 6.07) is 8.14. The second-order valence-corrected chi connectivity index (χ2v) is 6.39. The van der Waals surface area contributed by atoms with Crippen molar-refractivity contribution in [2.75, 3.05) is 6.54 Å². The van der Waals surface area contributed by atoms with E-state index < -0.39 is 0 Å². The van der Waals surface area contributed by atoms with Crippen LogP contribution in [0.15, 0.2) is 45.8 Å². The molecule has 4 rings (SSSR count). The maximum atomic E-state index is 14.0. The molecule has 0 saturated carbocycles. The Morgan fingerprint density at radius 1 is 1.32 bits per heavy atom. The quantitative estimate of drug-likeness (QED) is 0.778. The van der Waals surface area contributed by atoms with E-state index in [0.717, 1.165) is 0 Å². The SMILES string of the molecule is O=c1[nH]c(-c2ccco2)nc2c1CCN(Cc1c(F)cccc1Cl)C2. The summed E-state index contributed by atoms with van der Waals surface area (Å²) in [4.78, 5) is 21.6. The van der Waals surface area contributed by atoms with E-state index in [1.807, 2.05) is 4.90 Å². The van der Waals surface area contributed by atoms with Gasteiger partial charge in [0, 0.05) is 35.8 Å². The molecule has 0 amide bonds. The number of halogens is 2. The van der Waals surface area contributed by atoms with Crippen molar-refractivity contribution in [1.82, 2.24) is 14.9 Å². The molecule has 3 heterocycles. The summed E-state index contributed by atoms with van der Waals surface area (Å²) in [5, 5.41) is 0.404. The molecule has 25 heavy (non-hydrogen) atoms. The van der Waals surface area contributed by atoms with Gasteiger partial charge in [0.25, 0.3) is 5.56 Å². The van der Waals surface area contributed by atoms with Crippen molar-refractivity contribution in [2.24, 2.45) is 0 Å². The van der Waals surface area contributed by atoms with Crippen LogP contribution in [-0.4, -0.2) is 21.4 Å². The fraction of sp³-hybridized carbons (Fsp3) is 0.222. The van der Waals surface area contributed by atoms with Gasteiger partial charge in [0.15, 0.2) is 11.6 Å². The van der Waals surface area contributed by atoms with Crippen LogP contribution in [0.5, 0.6) is 0 Å². The van der Waals surface area contributed by atoms with Crippen molar-refractivity contribution in [1.29, 1.82) is 0 Å². The minimum Gasteiger partial charge on any atom is -0.461 e. The average Bonchev–Trinajstić information content (AvgIpc) is 3.12. The van der Waals surface area contributed by atoms with E-state index >= 15 is 0 Å². The lowest BCUT2D eigenvalue weighted by atomic mass is 10.1. The number of hydrogen-bond acceptors (Lipinski definition) is 4. The average molecular weight is 360 g/mol. The van der Waals surface area contributed by atoms with E-state index in [-0.39, 0.29) is 11.4 Å². The lowest BCUT2D eigenvalue weighted by Gasteiger charge is -2.28. The van der Waals surface area contributed by atoms with Crippen LogP contribution in [0.2, 0.25) is 5.02 Å². The molecule has 1 N–H and O–H groups in total. The number of hydrogen-bond donors (Lipinski definition) is 1. The lowest BCUT2D eigenvalue weighted by molar-refractivity contribution is 0.237. The summed E-state index contributed by atoms with van der Waals surface area (Å²) in [7, 11) is 0. The van der Waals surface area contributed by atoms with Crippen molar-refractivity contribution in [3.05, 3.63) is 74.6 Å². The zero-order valence-electron chi connectivity index (χ0n) is 13.3. The highest BCUT2D eigenvalue weighted by Gasteiger charge is 2.23. The van der Waals surface area contributed by atoms with Crippen molar-refractivity contribution < 1.29 is 8.81 Å². The highest BCUT2D eigenvalue weighted by molar-refractivity contribution is 6.31. The zero-order valence-corrected chi connectivity index (χ0v) is 14.0. The Bertz CT molecular complexity index is 949. The second-order valence-electron chi connectivity index (χ2n) is 5.98. The number of aromatic amines is 1. The van der Waals surface area contributed by atoms with Crippen molar-refractivity contribution in [2.45, 2.75) is 19.5 Å². The van der Waals surface area contributed by atoms with Gasteiger partial charge in [0.05, 0.1) is 12.0 Å². The van der Waals surface area contributed by atoms with Crippen LogP contribution in [0.25, 0.3) is 11.6 Å². The van der Waals surface area contributed by atoms with Gasteiger partial charge >= 0.3 is 0 Å². The number of rotatable bonds is 3. The van der Waals surface area contributed by atoms with E-state index in [0.29, 0.717) is 59.5 Å². The van der Waals surface area contributed by atoms with Crippen LogP contribution in [0.1, 0.15) is 16.8 Å². The molecule has 0 radical (unpaired) electrons. The summed E-state index contributed by atoms with van der Waals surface area (Å²) < 4.78 is 19.3. The Labute approximate surface area is 148 Å². The number of nitrogens with one attached hydrogen (secondary N) is 1. The summed E-state index contributed by atoms with van der Waals surface area (Å²) in [5.41, 5.74) is 1.67. The Kier molecular flexibility index (Phi) is 4.15. The third-order valence-corrected chi connectivity index (χ3v) is 4.70. The molecule has 2 aromatic heterocycles. The fourth-order valence-electron chi connectivity index (χ4n) is 3.07. The van der Waals surface area contributed by atoms with Crippen LogP contribution in [0.4, 0.5) is 4.39 Å². The number of furan rings is 1. The number of aromatic nitrogens is 2. The molecule has 5 nitrogen and oxygen atoms in total. The molecule has 0 unspecified atom stereocenters. The third kappa shape index (κ3) is 3.10. The highest BCUT2D eigenvalue weighted by Crippen LogP contribution is 2.24.